The Morgan fingerprint density at radius 3 is 2.48 bits per heavy atom. The van der Waals surface area contributed by atoms with Crippen LogP contribution in [0.1, 0.15) is 22.9 Å². The van der Waals surface area contributed by atoms with Crippen molar-refractivity contribution < 1.29 is 28.8 Å². The van der Waals surface area contributed by atoms with Gasteiger partial charge in [-0.1, -0.05) is 78.5 Å². The molecule has 0 saturated carbocycles. The summed E-state index contributed by atoms with van der Waals surface area (Å²) in [6.45, 7) is 3.64. The van der Waals surface area contributed by atoms with E-state index in [4.69, 9.17) is 21.2 Å². The first-order valence-corrected chi connectivity index (χ1v) is 15.9. The van der Waals surface area contributed by atoms with Crippen LogP contribution in [0, 0.1) is 5.41 Å². The molecule has 2 fully saturated rings. The molecule has 2 saturated heterocycles. The topological polar surface area (TPSA) is 139 Å². The second-order valence-electron chi connectivity index (χ2n) is 9.96. The molecule has 14 heteroatoms. The molecule has 11 nitrogen and oxygen atoms in total. The molecule has 3 atom stereocenters. The van der Waals surface area contributed by atoms with Crippen LogP contribution in [0.25, 0.3) is 0 Å². The minimum absolute atomic E-state index is 0.0426. The highest BCUT2D eigenvalue weighted by Gasteiger charge is 2.58. The second kappa shape index (κ2) is 14.1. The predicted molar refractivity (Wildman–Crippen MR) is 168 cm³/mol. The lowest BCUT2D eigenvalue weighted by molar-refractivity contribution is -0.164. The van der Waals surface area contributed by atoms with E-state index < -0.39 is 34.8 Å². The Morgan fingerprint density at radius 2 is 1.86 bits per heavy atom. The van der Waals surface area contributed by atoms with Crippen LogP contribution in [-0.4, -0.2) is 76.0 Å². The molecule has 3 heterocycles. The number of anilines is 1. The summed E-state index contributed by atoms with van der Waals surface area (Å²) in [4.78, 5) is 62.0. The van der Waals surface area contributed by atoms with E-state index in [1.165, 1.54) is 28.1 Å². The van der Waals surface area contributed by atoms with Crippen LogP contribution in [0.4, 0.5) is 5.13 Å². The fraction of sp³-hybridized carbons (Fsp3) is 0.267. The number of thiazole rings is 1. The molecular weight excluding hydrogens is 626 g/mol. The molecule has 2 aliphatic heterocycles. The van der Waals surface area contributed by atoms with Gasteiger partial charge in [0.05, 0.1) is 0 Å². The number of esters is 1. The lowest BCUT2D eigenvalue weighted by atomic mass is 9.88. The molecule has 44 heavy (non-hydrogen) atoms. The molecule has 228 valence electrons. The molecule has 0 aliphatic carbocycles. The number of nitrogens with one attached hydrogen (secondary N) is 2. The lowest BCUT2D eigenvalue weighted by Gasteiger charge is -2.53. The smallest absolute Gasteiger partial charge is 0.316 e. The first-order chi connectivity index (χ1) is 21.4. The van der Waals surface area contributed by atoms with Gasteiger partial charge in [-0.15, -0.1) is 34.7 Å². The van der Waals surface area contributed by atoms with Crippen molar-refractivity contribution >= 4 is 69.7 Å². The third-order valence-corrected chi connectivity index (χ3v) is 9.91. The number of benzene rings is 2. The minimum Gasteiger partial charge on any atom is -0.452 e. The van der Waals surface area contributed by atoms with E-state index >= 15 is 0 Å². The number of thioether (sulfide) groups is 1. The maximum atomic E-state index is 13.8. The number of β-lactam (4-membered cyclic amide) rings is 1. The van der Waals surface area contributed by atoms with Crippen molar-refractivity contribution in [2.24, 2.45) is 10.6 Å². The van der Waals surface area contributed by atoms with E-state index in [9.17, 15) is 19.2 Å². The molecule has 0 radical (unpaired) electrons. The Morgan fingerprint density at radius 1 is 1.18 bits per heavy atom. The Labute approximate surface area is 266 Å². The number of fused-ring (bicyclic) bond motifs is 1. The average molecular weight is 654 g/mol. The molecule has 2 unspecified atom stereocenters. The van der Waals surface area contributed by atoms with Crippen molar-refractivity contribution in [2.45, 2.75) is 17.5 Å². The molecule has 0 bridgehead atoms. The van der Waals surface area contributed by atoms with E-state index in [1.54, 1.807) is 0 Å². The number of carbonyl (C=O) groups excluding carboxylic acids is 4. The Bertz CT molecular complexity index is 1520. The van der Waals surface area contributed by atoms with Crippen molar-refractivity contribution in [1.29, 1.82) is 0 Å². The number of hydrogen-bond donors (Lipinski definition) is 2. The fourth-order valence-electron chi connectivity index (χ4n) is 4.77. The van der Waals surface area contributed by atoms with Crippen LogP contribution in [-0.2, 0) is 28.8 Å². The van der Waals surface area contributed by atoms with Gasteiger partial charge < -0.3 is 25.1 Å². The second-order valence-corrected chi connectivity index (χ2v) is 12.2. The van der Waals surface area contributed by atoms with Gasteiger partial charge in [0.1, 0.15) is 29.1 Å². The Kier molecular flexibility index (Phi) is 9.98. The number of rotatable bonds is 13. The zero-order chi connectivity index (χ0) is 31.1. The van der Waals surface area contributed by atoms with Gasteiger partial charge >= 0.3 is 5.97 Å². The maximum Gasteiger partial charge on any atom is 0.316 e. The average Bonchev–Trinajstić information content (AvgIpc) is 3.52. The minimum atomic E-state index is -1.15. The van der Waals surface area contributed by atoms with E-state index in [0.29, 0.717) is 6.41 Å². The largest absolute Gasteiger partial charge is 0.452 e. The van der Waals surface area contributed by atoms with Crippen molar-refractivity contribution in [2.75, 3.05) is 30.1 Å². The van der Waals surface area contributed by atoms with Crippen LogP contribution in [0.2, 0.25) is 0 Å². The van der Waals surface area contributed by atoms with Gasteiger partial charge in [-0.05, 0) is 11.1 Å². The van der Waals surface area contributed by atoms with Crippen molar-refractivity contribution in [3.05, 3.63) is 95.5 Å². The zero-order valence-corrected chi connectivity index (χ0v) is 25.6. The third-order valence-electron chi connectivity index (χ3n) is 7.04. The highest BCUT2D eigenvalue weighted by atomic mass is 35.5. The van der Waals surface area contributed by atoms with E-state index in [2.05, 4.69) is 27.4 Å². The number of amides is 3. The van der Waals surface area contributed by atoms with Crippen LogP contribution in [0.5, 0.6) is 0 Å². The zero-order valence-electron chi connectivity index (χ0n) is 23.3. The monoisotopic (exact) mass is 653 g/mol. The first-order valence-electron chi connectivity index (χ1n) is 13.5. The van der Waals surface area contributed by atoms with Crippen molar-refractivity contribution in [1.82, 2.24) is 15.2 Å². The lowest BCUT2D eigenvalue weighted by Crippen LogP contribution is -2.74. The number of oxime groups is 1. The molecule has 0 spiro atoms. The molecule has 5 rings (SSSR count). The summed E-state index contributed by atoms with van der Waals surface area (Å²) in [5.74, 6) is -1.33. The van der Waals surface area contributed by atoms with Gasteiger partial charge in [-0.3, -0.25) is 19.2 Å². The number of halogens is 1. The standard InChI is InChI=1S/C30H28ClN5O6S2/c1-2-13-41-35-22(21-14-43-29(33-21)32-18-37)25(38)34-23-26(39)36-16-30(15-31,17-44-27(23)36)28(40)42-24(19-9-5-3-6-10-19)20-11-7-4-8-12-20/h2-12,14,18,23-24,27H,1,13,15-17H2,(H,34,38)(H,32,33,37)/t23?,27-,30?/m1/s1. The molecule has 3 amide bonds. The van der Waals surface area contributed by atoms with E-state index in [0.717, 1.165) is 22.5 Å². The highest BCUT2D eigenvalue weighted by molar-refractivity contribution is 8.00. The number of alkyl halides is 1. The molecular formula is C30H28ClN5O6S2. The van der Waals surface area contributed by atoms with Gasteiger partial charge in [0.15, 0.2) is 16.9 Å². The van der Waals surface area contributed by atoms with Crippen LogP contribution in [0.15, 0.2) is 83.9 Å². The summed E-state index contributed by atoms with van der Waals surface area (Å²) in [6, 6.07) is 18.0. The van der Waals surface area contributed by atoms with E-state index in [-0.39, 0.29) is 47.2 Å². The normalized spacial score (nSPS) is 21.1. The number of carbonyl (C=O) groups is 4. The van der Waals surface area contributed by atoms with Gasteiger partial charge in [-0.2, -0.15) is 0 Å². The summed E-state index contributed by atoms with van der Waals surface area (Å²) >= 11 is 8.86. The van der Waals surface area contributed by atoms with Gasteiger partial charge in [0.2, 0.25) is 12.3 Å². The summed E-state index contributed by atoms with van der Waals surface area (Å²) in [6.07, 6.45) is 1.28. The molecule has 3 aromatic rings. The summed E-state index contributed by atoms with van der Waals surface area (Å²) in [7, 11) is 0. The van der Waals surface area contributed by atoms with Crippen LogP contribution < -0.4 is 10.6 Å². The van der Waals surface area contributed by atoms with Gasteiger partial charge in [-0.25, -0.2) is 4.98 Å². The molecule has 2 aliphatic rings. The number of nitrogens with zero attached hydrogens (tertiary/aromatic N) is 3. The SMILES string of the molecule is C=CCON=C(C(=O)NC1C(=O)N2CC(CCl)(C(=O)OC(c3ccccc3)c3ccccc3)CS[C@H]12)c1csc(NC=O)n1. The predicted octanol–water partition coefficient (Wildman–Crippen LogP) is 3.58. The van der Waals surface area contributed by atoms with Gasteiger partial charge in [0, 0.05) is 23.6 Å². The Balaban J connectivity index is 1.28. The highest BCUT2D eigenvalue weighted by Crippen LogP contribution is 2.44. The summed E-state index contributed by atoms with van der Waals surface area (Å²) in [5.41, 5.74) is 0.467. The summed E-state index contributed by atoms with van der Waals surface area (Å²) < 4.78 is 6.12. The fourth-order valence-corrected chi connectivity index (χ4v) is 7.36. The number of ether oxygens (including phenoxy) is 1. The molecule has 2 aromatic carbocycles. The van der Waals surface area contributed by atoms with Crippen molar-refractivity contribution in [3.8, 4) is 0 Å². The summed E-state index contributed by atoms with van der Waals surface area (Å²) in [5, 5.41) is 10.4. The number of hydrogen-bond acceptors (Lipinski definition) is 10. The maximum absolute atomic E-state index is 13.8. The van der Waals surface area contributed by atoms with Crippen LogP contribution >= 0.6 is 34.7 Å². The number of aromatic nitrogens is 1. The van der Waals surface area contributed by atoms with Crippen molar-refractivity contribution in [3.63, 3.8) is 0 Å². The molecule has 2 N–H and O–H groups in total. The third kappa shape index (κ3) is 6.49. The quantitative estimate of drug-likeness (QED) is 0.0417. The van der Waals surface area contributed by atoms with E-state index in [1.807, 2.05) is 60.7 Å². The van der Waals surface area contributed by atoms with Crippen LogP contribution in [0.3, 0.4) is 0 Å². The van der Waals surface area contributed by atoms with Gasteiger partial charge in [0.25, 0.3) is 5.91 Å². The Hall–Kier alpha value is -4.20. The molecule has 1 aromatic heterocycles. The first kappa shape index (κ1) is 31.2.